The average molecular weight is 384 g/mol. The van der Waals surface area contributed by atoms with Gasteiger partial charge in [0.15, 0.2) is 17.5 Å². The largest absolute Gasteiger partial charge is 0.465 e. The first kappa shape index (κ1) is 18.2. The summed E-state index contributed by atoms with van der Waals surface area (Å²) >= 11 is 1.31. The molecule has 2 aromatic rings. The van der Waals surface area contributed by atoms with Gasteiger partial charge in [-0.15, -0.1) is 11.3 Å². The van der Waals surface area contributed by atoms with Crippen molar-refractivity contribution in [2.24, 2.45) is 0 Å². The number of hydrogen-bond donors (Lipinski definition) is 2. The van der Waals surface area contributed by atoms with E-state index in [2.05, 4.69) is 10.6 Å². The first-order chi connectivity index (χ1) is 12.4. The van der Waals surface area contributed by atoms with Crippen molar-refractivity contribution >= 4 is 33.9 Å². The Kier molecular flexibility index (Phi) is 5.17. The van der Waals surface area contributed by atoms with Crippen molar-refractivity contribution in [3.8, 4) is 0 Å². The normalized spacial score (nSPS) is 12.6. The fraction of sp³-hybridized carbons (Fsp3) is 0.294. The van der Waals surface area contributed by atoms with E-state index in [-0.39, 0.29) is 12.2 Å². The number of benzene rings is 1. The van der Waals surface area contributed by atoms with E-state index >= 15 is 0 Å². The van der Waals surface area contributed by atoms with Gasteiger partial charge in [0, 0.05) is 4.88 Å². The topological polar surface area (TPSA) is 67.4 Å². The zero-order valence-corrected chi connectivity index (χ0v) is 14.6. The predicted octanol–water partition coefficient (Wildman–Crippen LogP) is 3.49. The molecule has 26 heavy (non-hydrogen) atoms. The van der Waals surface area contributed by atoms with Crippen LogP contribution in [0.5, 0.6) is 0 Å². The van der Waals surface area contributed by atoms with Crippen LogP contribution in [0.2, 0.25) is 0 Å². The van der Waals surface area contributed by atoms with Gasteiger partial charge in [0.2, 0.25) is 5.91 Å². The van der Waals surface area contributed by atoms with Crippen LogP contribution in [0.25, 0.3) is 0 Å². The number of halogens is 3. The van der Waals surface area contributed by atoms with Gasteiger partial charge in [-0.3, -0.25) is 4.79 Å². The third-order valence-electron chi connectivity index (χ3n) is 4.04. The molecule has 0 fully saturated rings. The fourth-order valence-corrected chi connectivity index (χ4v) is 4.11. The highest BCUT2D eigenvalue weighted by molar-refractivity contribution is 7.17. The molecule has 2 N–H and O–H groups in total. The van der Waals surface area contributed by atoms with Crippen LogP contribution in [0.1, 0.15) is 27.2 Å². The summed E-state index contributed by atoms with van der Waals surface area (Å²) in [5.41, 5.74) is 0.898. The number of nitrogens with one attached hydrogen (secondary N) is 2. The monoisotopic (exact) mass is 384 g/mol. The van der Waals surface area contributed by atoms with E-state index in [1.54, 1.807) is 0 Å². The molecule has 1 aliphatic carbocycles. The highest BCUT2D eigenvalue weighted by atomic mass is 32.1. The summed E-state index contributed by atoms with van der Waals surface area (Å²) < 4.78 is 44.5. The lowest BCUT2D eigenvalue weighted by Crippen LogP contribution is -2.23. The minimum Gasteiger partial charge on any atom is -0.465 e. The third-order valence-corrected chi connectivity index (χ3v) is 5.25. The van der Waals surface area contributed by atoms with Crippen LogP contribution in [0.3, 0.4) is 0 Å². The molecule has 1 aliphatic rings. The number of esters is 1. The second-order valence-corrected chi connectivity index (χ2v) is 6.78. The molecule has 1 aromatic carbocycles. The van der Waals surface area contributed by atoms with E-state index in [0.717, 1.165) is 41.8 Å². The molecule has 1 aromatic heterocycles. The number of fused-ring (bicyclic) bond motifs is 1. The van der Waals surface area contributed by atoms with Gasteiger partial charge in [-0.05, 0) is 37.0 Å². The second kappa shape index (κ2) is 7.36. The minimum atomic E-state index is -1.61. The van der Waals surface area contributed by atoms with Crippen molar-refractivity contribution in [1.29, 1.82) is 0 Å². The van der Waals surface area contributed by atoms with Crippen LogP contribution in [0.4, 0.5) is 23.9 Å². The van der Waals surface area contributed by atoms with Crippen LogP contribution >= 0.6 is 11.3 Å². The van der Waals surface area contributed by atoms with Crippen LogP contribution < -0.4 is 10.6 Å². The van der Waals surface area contributed by atoms with Crippen LogP contribution in [-0.4, -0.2) is 25.5 Å². The molecular formula is C17H15F3N2O3S. The Hall–Kier alpha value is -2.55. The molecule has 0 radical (unpaired) electrons. The Balaban J connectivity index is 1.71. The number of carbonyl (C=O) groups excluding carboxylic acids is 2. The van der Waals surface area contributed by atoms with Gasteiger partial charge in [0.05, 0.1) is 24.9 Å². The van der Waals surface area contributed by atoms with Crippen molar-refractivity contribution in [3.05, 3.63) is 45.6 Å². The van der Waals surface area contributed by atoms with Crippen LogP contribution in [0.15, 0.2) is 12.1 Å². The number of hydrogen-bond acceptors (Lipinski definition) is 5. The number of amides is 1. The molecule has 3 rings (SSSR count). The number of ether oxygens (including phenoxy) is 1. The Labute approximate surface area is 151 Å². The van der Waals surface area contributed by atoms with E-state index in [9.17, 15) is 22.8 Å². The summed E-state index contributed by atoms with van der Waals surface area (Å²) in [7, 11) is 1.26. The molecule has 0 saturated heterocycles. The molecule has 0 unspecified atom stereocenters. The van der Waals surface area contributed by atoms with Crippen molar-refractivity contribution in [1.82, 2.24) is 0 Å². The molecule has 1 heterocycles. The predicted molar refractivity (Wildman–Crippen MR) is 91.1 cm³/mol. The molecule has 1 amide bonds. The average Bonchev–Trinajstić information content (AvgIpc) is 3.19. The fourth-order valence-electron chi connectivity index (χ4n) is 2.82. The Morgan fingerprint density at radius 1 is 1.19 bits per heavy atom. The number of rotatable bonds is 5. The molecule has 138 valence electrons. The summed E-state index contributed by atoms with van der Waals surface area (Å²) in [6.45, 7) is -0.384. The summed E-state index contributed by atoms with van der Waals surface area (Å²) in [4.78, 5) is 25.2. The van der Waals surface area contributed by atoms with Gasteiger partial charge in [0.25, 0.3) is 0 Å². The number of carbonyl (C=O) groups is 2. The maximum absolute atomic E-state index is 13.6. The molecule has 0 atom stereocenters. The molecule has 9 heteroatoms. The Morgan fingerprint density at radius 3 is 2.69 bits per heavy atom. The summed E-state index contributed by atoms with van der Waals surface area (Å²) in [5.74, 6) is -5.41. The zero-order valence-electron chi connectivity index (χ0n) is 13.8. The van der Waals surface area contributed by atoms with E-state index in [1.165, 1.54) is 18.4 Å². The maximum atomic E-state index is 13.6. The van der Waals surface area contributed by atoms with Gasteiger partial charge in [-0.1, -0.05) is 0 Å². The smallest absolute Gasteiger partial charge is 0.341 e. The van der Waals surface area contributed by atoms with Crippen molar-refractivity contribution in [3.63, 3.8) is 0 Å². The van der Waals surface area contributed by atoms with E-state index in [4.69, 9.17) is 4.74 Å². The quantitative estimate of drug-likeness (QED) is 0.612. The SMILES string of the molecule is COC(=O)c1c(NC(=O)CNc2ccc(F)c(F)c2F)sc2c1CCC2. The van der Waals surface area contributed by atoms with Crippen LogP contribution in [0, 0.1) is 17.5 Å². The summed E-state index contributed by atoms with van der Waals surface area (Å²) in [6, 6.07) is 1.76. The number of thiophene rings is 1. The lowest BCUT2D eigenvalue weighted by atomic mass is 10.1. The molecular weight excluding hydrogens is 369 g/mol. The highest BCUT2D eigenvalue weighted by Crippen LogP contribution is 2.39. The lowest BCUT2D eigenvalue weighted by Gasteiger charge is -2.10. The lowest BCUT2D eigenvalue weighted by molar-refractivity contribution is -0.114. The van der Waals surface area contributed by atoms with E-state index in [0.29, 0.717) is 10.6 Å². The number of aryl methyl sites for hydroxylation is 1. The highest BCUT2D eigenvalue weighted by Gasteiger charge is 2.28. The molecule has 0 spiro atoms. The number of methoxy groups -OCH3 is 1. The second-order valence-electron chi connectivity index (χ2n) is 5.68. The van der Waals surface area contributed by atoms with Gasteiger partial charge in [-0.2, -0.15) is 0 Å². The van der Waals surface area contributed by atoms with Crippen LogP contribution in [-0.2, 0) is 22.4 Å². The van der Waals surface area contributed by atoms with E-state index in [1.807, 2.05) is 0 Å². The van der Waals surface area contributed by atoms with Crippen molar-refractivity contribution in [2.45, 2.75) is 19.3 Å². The molecule has 0 aliphatic heterocycles. The van der Waals surface area contributed by atoms with E-state index < -0.39 is 29.3 Å². The Morgan fingerprint density at radius 2 is 1.96 bits per heavy atom. The number of anilines is 2. The maximum Gasteiger partial charge on any atom is 0.341 e. The summed E-state index contributed by atoms with van der Waals surface area (Å²) in [6.07, 6.45) is 2.51. The van der Waals surface area contributed by atoms with Gasteiger partial charge < -0.3 is 15.4 Å². The van der Waals surface area contributed by atoms with Gasteiger partial charge >= 0.3 is 5.97 Å². The zero-order chi connectivity index (χ0) is 18.8. The Bertz CT molecular complexity index is 883. The van der Waals surface area contributed by atoms with Crippen molar-refractivity contribution in [2.75, 3.05) is 24.3 Å². The first-order valence-electron chi connectivity index (χ1n) is 7.82. The standard InChI is InChI=1S/C17H15F3N2O3S/c1-25-17(24)13-8-3-2-4-11(8)26-16(13)22-12(23)7-21-10-6-5-9(18)14(19)15(10)20/h5-6,21H,2-4,7H2,1H3,(H,22,23). The minimum absolute atomic E-state index is 0.332. The third kappa shape index (κ3) is 3.39. The summed E-state index contributed by atoms with van der Waals surface area (Å²) in [5, 5.41) is 5.38. The molecule has 5 nitrogen and oxygen atoms in total. The van der Waals surface area contributed by atoms with Crippen molar-refractivity contribution < 1.29 is 27.5 Å². The molecule has 0 bridgehead atoms. The first-order valence-corrected chi connectivity index (χ1v) is 8.64. The van der Waals surface area contributed by atoms with Gasteiger partial charge in [-0.25, -0.2) is 18.0 Å². The molecule has 0 saturated carbocycles. The van der Waals surface area contributed by atoms with Gasteiger partial charge in [0.1, 0.15) is 5.00 Å².